The molecule has 4 nitrogen and oxygen atoms in total. The molecule has 6 aliphatic rings. The number of fused-ring (bicyclic) bond motifs is 16. The first-order valence-corrected chi connectivity index (χ1v) is 32.0. The molecule has 4 atom stereocenters. The Kier molecular flexibility index (Phi) is 10.2. The summed E-state index contributed by atoms with van der Waals surface area (Å²) >= 11 is 3.85. The third-order valence-electron chi connectivity index (χ3n) is 21.9. The molecule has 0 amide bonds. The van der Waals surface area contributed by atoms with Crippen LogP contribution in [-0.2, 0) is 16.2 Å². The Bertz CT molecular complexity index is 4560. The second-order valence-corrected chi connectivity index (χ2v) is 29.2. The highest BCUT2D eigenvalue weighted by Crippen LogP contribution is 2.64. The first-order chi connectivity index (χ1) is 39.7. The van der Waals surface area contributed by atoms with E-state index in [1.54, 1.807) is 0 Å². The predicted octanol–water partition coefficient (Wildman–Crippen LogP) is 19.6. The van der Waals surface area contributed by atoms with Crippen molar-refractivity contribution in [3.05, 3.63) is 198 Å². The molecule has 6 heterocycles. The molecule has 0 bridgehead atoms. The summed E-state index contributed by atoms with van der Waals surface area (Å²) in [5, 5.41) is 5.27. The molecule has 0 N–H and O–H groups in total. The zero-order valence-corrected chi connectivity index (χ0v) is 50.2. The monoisotopic (exact) mass is 1100 g/mol. The molecule has 2 saturated carbocycles. The van der Waals surface area contributed by atoms with Crippen LogP contribution in [0.3, 0.4) is 0 Å². The predicted molar refractivity (Wildman–Crippen MR) is 355 cm³/mol. The first-order valence-electron chi connectivity index (χ1n) is 30.4. The summed E-state index contributed by atoms with van der Waals surface area (Å²) in [6.45, 7) is 19.7. The molecule has 82 heavy (non-hydrogen) atoms. The zero-order chi connectivity index (χ0) is 55.4. The molecule has 2 aliphatic carbocycles. The number of aryl methyl sites for hydroxylation is 1. The van der Waals surface area contributed by atoms with Crippen molar-refractivity contribution >= 4 is 143 Å². The maximum atomic E-state index is 2.81. The van der Waals surface area contributed by atoms with Gasteiger partial charge in [-0.25, -0.2) is 0 Å². The van der Waals surface area contributed by atoms with Crippen LogP contribution < -0.4 is 36.0 Å². The number of hydrogen-bond donors (Lipinski definition) is 0. The van der Waals surface area contributed by atoms with Crippen molar-refractivity contribution in [2.24, 2.45) is 0 Å². The number of hydrogen-bond acceptors (Lipinski definition) is 6. The summed E-state index contributed by atoms with van der Waals surface area (Å²) in [5.41, 5.74) is 22.5. The van der Waals surface area contributed by atoms with Crippen molar-refractivity contribution in [3.8, 4) is 0 Å². The average molecular weight is 1100 g/mol. The fraction of sp³-hybridized carbons (Fsp3) is 0.280. The van der Waals surface area contributed by atoms with Gasteiger partial charge in [-0.2, -0.15) is 0 Å². The molecular weight excluding hydrogens is 1030 g/mol. The minimum Gasteiger partial charge on any atom is -0.334 e. The van der Waals surface area contributed by atoms with Gasteiger partial charge in [0.25, 0.3) is 6.71 Å². The van der Waals surface area contributed by atoms with Crippen LogP contribution in [-0.4, -0.2) is 17.8 Å². The molecule has 2 aromatic heterocycles. The summed E-state index contributed by atoms with van der Waals surface area (Å²) in [7, 11) is 0. The Morgan fingerprint density at radius 2 is 0.951 bits per heavy atom. The van der Waals surface area contributed by atoms with E-state index < -0.39 is 0 Å². The summed E-state index contributed by atoms with van der Waals surface area (Å²) in [4.78, 5) is 11.0. The highest BCUT2D eigenvalue weighted by Gasteiger charge is 2.60. The Hall–Kier alpha value is -7.32. The molecule has 0 radical (unpaired) electrons. The summed E-state index contributed by atoms with van der Waals surface area (Å²) in [5.74, 6) is 0. The van der Waals surface area contributed by atoms with Crippen LogP contribution in [0, 0.1) is 6.92 Å². The van der Waals surface area contributed by atoms with Crippen molar-refractivity contribution in [3.63, 3.8) is 0 Å². The van der Waals surface area contributed by atoms with E-state index in [1.807, 2.05) is 22.7 Å². The molecular formula is C75H69BN4S2. The number of thiophene rings is 2. The van der Waals surface area contributed by atoms with E-state index in [0.29, 0.717) is 0 Å². The molecule has 9 aromatic carbocycles. The zero-order valence-electron chi connectivity index (χ0n) is 48.6. The number of nitrogens with zero attached hydrogens (tertiary/aromatic N) is 4. The van der Waals surface area contributed by atoms with Crippen molar-refractivity contribution in [1.29, 1.82) is 0 Å². The van der Waals surface area contributed by atoms with Gasteiger partial charge in [-0.15, -0.1) is 22.7 Å². The normalized spacial score (nSPS) is 23.3. The van der Waals surface area contributed by atoms with Crippen molar-refractivity contribution < 1.29 is 0 Å². The number of benzene rings is 9. The molecule has 4 aliphatic heterocycles. The van der Waals surface area contributed by atoms with Crippen LogP contribution in [0.25, 0.3) is 40.3 Å². The number of rotatable bonds is 4. The van der Waals surface area contributed by atoms with Gasteiger partial charge >= 0.3 is 0 Å². The fourth-order valence-electron chi connectivity index (χ4n) is 17.5. The topological polar surface area (TPSA) is 13.0 Å². The van der Waals surface area contributed by atoms with Gasteiger partial charge in [0.1, 0.15) is 0 Å². The van der Waals surface area contributed by atoms with E-state index in [-0.39, 0.29) is 34.0 Å². The lowest BCUT2D eigenvalue weighted by Gasteiger charge is -2.51. The van der Waals surface area contributed by atoms with Gasteiger partial charge in [0.15, 0.2) is 0 Å². The van der Waals surface area contributed by atoms with E-state index in [0.717, 1.165) is 12.8 Å². The van der Waals surface area contributed by atoms with Crippen molar-refractivity contribution in [2.75, 3.05) is 19.6 Å². The van der Waals surface area contributed by atoms with Crippen LogP contribution in [0.5, 0.6) is 0 Å². The first kappa shape index (κ1) is 49.3. The Balaban J connectivity index is 0.958. The molecule has 404 valence electrons. The Morgan fingerprint density at radius 3 is 1.63 bits per heavy atom. The van der Waals surface area contributed by atoms with E-state index >= 15 is 0 Å². The standard InChI is InChI=1S/C75H69BN4S2/c1-46-41-63-69-64(42-46)78(60-27-19-23-51-50-21-9-13-28-65(50)82-70(51)60)62-45-48(79-57-25-12-11-24-53(57)72(5)37-15-17-39-74(72,79)7)32-35-56(62)76(69)55-34-33-49(44-61(55)77(63)59-26-20-30-67-68(59)52-22-10-14-29-66(52)81-67)80-58-36-31-47(71(2,3)4)43-54(58)73(6)38-16-18-40-75(73,80)8/h9-14,19-36,41-45H,15-18,37-40H2,1-8H3. The summed E-state index contributed by atoms with van der Waals surface area (Å²) < 4.78 is 5.28. The smallest absolute Gasteiger partial charge is 0.252 e. The lowest BCUT2D eigenvalue weighted by molar-refractivity contribution is 0.195. The molecule has 11 aromatic rings. The Labute approximate surface area is 491 Å². The lowest BCUT2D eigenvalue weighted by atomic mass is 9.33. The second-order valence-electron chi connectivity index (χ2n) is 27.1. The Morgan fingerprint density at radius 1 is 0.427 bits per heavy atom. The third kappa shape index (κ3) is 6.34. The molecule has 0 spiro atoms. The van der Waals surface area contributed by atoms with Gasteiger partial charge in [-0.05, 0) is 169 Å². The van der Waals surface area contributed by atoms with Crippen LogP contribution >= 0.6 is 22.7 Å². The van der Waals surface area contributed by atoms with Crippen LogP contribution in [0.15, 0.2) is 176 Å². The van der Waals surface area contributed by atoms with Gasteiger partial charge in [-0.1, -0.05) is 157 Å². The summed E-state index contributed by atoms with van der Waals surface area (Å²) in [6, 6.07) is 69.6. The van der Waals surface area contributed by atoms with Gasteiger partial charge in [0.2, 0.25) is 0 Å². The van der Waals surface area contributed by atoms with Gasteiger partial charge in [0.05, 0.1) is 27.2 Å². The van der Waals surface area contributed by atoms with Crippen molar-refractivity contribution in [1.82, 2.24) is 0 Å². The molecule has 17 rings (SSSR count). The minimum absolute atomic E-state index is 0.0000345. The SMILES string of the molecule is Cc1cc2c3c(c1)N(c1cccc4sc5ccccc5c14)c1cc(N4c5ccc(C(C)(C)C)cc5C5(C)CCCCC45C)ccc1B3c1ccc(N3c4ccccc4C4(C)CCCCC34C)cc1N2c1cccc2c1sc1ccccc12. The second kappa shape index (κ2) is 16.9. The maximum absolute atomic E-state index is 2.81. The van der Waals surface area contributed by atoms with Gasteiger partial charge in [-0.3, -0.25) is 0 Å². The number of anilines is 10. The highest BCUT2D eigenvalue weighted by atomic mass is 32.1. The fourth-order valence-corrected chi connectivity index (χ4v) is 19.8. The summed E-state index contributed by atoms with van der Waals surface area (Å²) in [6.07, 6.45) is 9.69. The van der Waals surface area contributed by atoms with Crippen molar-refractivity contribution in [2.45, 2.75) is 134 Å². The van der Waals surface area contributed by atoms with Crippen LogP contribution in [0.2, 0.25) is 0 Å². The molecule has 7 heteroatoms. The maximum Gasteiger partial charge on any atom is 0.252 e. The third-order valence-corrected chi connectivity index (χ3v) is 24.3. The highest BCUT2D eigenvalue weighted by molar-refractivity contribution is 7.26. The quantitative estimate of drug-likeness (QED) is 0.163. The molecule has 2 fully saturated rings. The van der Waals surface area contributed by atoms with Crippen LogP contribution in [0.1, 0.15) is 122 Å². The number of para-hydroxylation sites is 1. The van der Waals surface area contributed by atoms with Gasteiger partial charge < -0.3 is 19.6 Å². The minimum atomic E-state index is -0.107. The van der Waals surface area contributed by atoms with E-state index in [2.05, 4.69) is 251 Å². The van der Waals surface area contributed by atoms with E-state index in [1.165, 1.54) is 174 Å². The largest absolute Gasteiger partial charge is 0.334 e. The van der Waals surface area contributed by atoms with Crippen LogP contribution in [0.4, 0.5) is 56.9 Å². The van der Waals surface area contributed by atoms with E-state index in [9.17, 15) is 0 Å². The molecule has 0 saturated heterocycles. The lowest BCUT2D eigenvalue weighted by Crippen LogP contribution is -2.61. The van der Waals surface area contributed by atoms with Gasteiger partial charge in [0, 0.05) is 92.0 Å². The molecule has 4 unspecified atom stereocenters. The average Bonchev–Trinajstić information content (AvgIpc) is 2.83. The van der Waals surface area contributed by atoms with E-state index in [4.69, 9.17) is 0 Å².